The van der Waals surface area contributed by atoms with Crippen LogP contribution in [0.4, 0.5) is 0 Å². The van der Waals surface area contributed by atoms with Crippen LogP contribution in [-0.4, -0.2) is 25.8 Å². The van der Waals surface area contributed by atoms with Gasteiger partial charge in [0.2, 0.25) is 5.79 Å². The van der Waals surface area contributed by atoms with Gasteiger partial charge in [-0.2, -0.15) is 0 Å². The molecule has 0 radical (unpaired) electrons. The molecule has 0 heterocycles. The number of methoxy groups -OCH3 is 2. The summed E-state index contributed by atoms with van der Waals surface area (Å²) in [4.78, 5) is 11.8. The summed E-state index contributed by atoms with van der Waals surface area (Å²) in [6, 6.07) is 0. The predicted molar refractivity (Wildman–Crippen MR) is 70.9 cm³/mol. The van der Waals surface area contributed by atoms with Crippen molar-refractivity contribution in [2.75, 3.05) is 14.2 Å². The lowest BCUT2D eigenvalue weighted by Gasteiger charge is -2.30. The Balaban J connectivity index is 3.06. The molecular formula is C13H17BrO3. The van der Waals surface area contributed by atoms with E-state index in [0.29, 0.717) is 16.5 Å². The maximum Gasteiger partial charge on any atom is 0.222 e. The molecule has 0 N–H and O–H groups in total. The van der Waals surface area contributed by atoms with Gasteiger partial charge >= 0.3 is 0 Å². The molecule has 0 aromatic heterocycles. The Morgan fingerprint density at radius 2 is 2.00 bits per heavy atom. The molecule has 0 aromatic rings. The smallest absolute Gasteiger partial charge is 0.222 e. The second kappa shape index (κ2) is 5.76. The van der Waals surface area contributed by atoms with Gasteiger partial charge in [-0.3, -0.25) is 4.79 Å². The molecule has 0 atom stereocenters. The van der Waals surface area contributed by atoms with Gasteiger partial charge < -0.3 is 9.47 Å². The standard InChI is InChI=1S/C13H17BrO3/c1-9(2)5-6-10-8-13(16-3,17-4)12(14)7-11(10)15/h5,7-8H,6H2,1-4H3. The third kappa shape index (κ3) is 3.15. The third-order valence-electron chi connectivity index (χ3n) is 2.61. The summed E-state index contributed by atoms with van der Waals surface area (Å²) >= 11 is 3.31. The lowest BCUT2D eigenvalue weighted by molar-refractivity contribution is -0.139. The van der Waals surface area contributed by atoms with E-state index >= 15 is 0 Å². The Labute approximate surface area is 110 Å². The van der Waals surface area contributed by atoms with Crippen LogP contribution in [0.3, 0.4) is 0 Å². The minimum absolute atomic E-state index is 0.0147. The van der Waals surface area contributed by atoms with Gasteiger partial charge in [0.1, 0.15) is 0 Å². The average Bonchev–Trinajstić information content (AvgIpc) is 2.28. The van der Waals surface area contributed by atoms with Crippen molar-refractivity contribution in [2.45, 2.75) is 26.1 Å². The van der Waals surface area contributed by atoms with Crippen molar-refractivity contribution in [1.29, 1.82) is 0 Å². The summed E-state index contributed by atoms with van der Waals surface area (Å²) in [5.41, 5.74) is 1.85. The molecule has 0 aliphatic heterocycles. The van der Waals surface area contributed by atoms with Crippen LogP contribution in [0.15, 0.2) is 33.9 Å². The monoisotopic (exact) mass is 300 g/mol. The fourth-order valence-electron chi connectivity index (χ4n) is 1.55. The number of hydrogen-bond acceptors (Lipinski definition) is 3. The van der Waals surface area contributed by atoms with Crippen molar-refractivity contribution in [3.8, 4) is 0 Å². The minimum Gasteiger partial charge on any atom is -0.346 e. The summed E-state index contributed by atoms with van der Waals surface area (Å²) in [5.74, 6) is -0.988. The number of rotatable bonds is 4. The van der Waals surface area contributed by atoms with Gasteiger partial charge in [0, 0.05) is 25.9 Å². The van der Waals surface area contributed by atoms with Gasteiger partial charge in [0.15, 0.2) is 5.78 Å². The highest BCUT2D eigenvalue weighted by molar-refractivity contribution is 9.11. The van der Waals surface area contributed by atoms with E-state index in [0.717, 1.165) is 0 Å². The highest BCUT2D eigenvalue weighted by Crippen LogP contribution is 2.34. The first-order chi connectivity index (χ1) is 7.95. The van der Waals surface area contributed by atoms with E-state index in [9.17, 15) is 4.79 Å². The Morgan fingerprint density at radius 3 is 2.47 bits per heavy atom. The van der Waals surface area contributed by atoms with E-state index in [2.05, 4.69) is 15.9 Å². The van der Waals surface area contributed by atoms with Crippen LogP contribution in [0.1, 0.15) is 20.3 Å². The van der Waals surface area contributed by atoms with E-state index in [1.54, 1.807) is 20.3 Å². The highest BCUT2D eigenvalue weighted by atomic mass is 79.9. The zero-order valence-electron chi connectivity index (χ0n) is 10.5. The summed E-state index contributed by atoms with van der Waals surface area (Å²) in [6.45, 7) is 4.00. The Kier molecular flexibility index (Phi) is 4.86. The maximum absolute atomic E-state index is 11.8. The first-order valence-corrected chi connectivity index (χ1v) is 6.12. The van der Waals surface area contributed by atoms with Crippen molar-refractivity contribution >= 4 is 21.7 Å². The lowest BCUT2D eigenvalue weighted by Crippen LogP contribution is -2.35. The Morgan fingerprint density at radius 1 is 1.41 bits per heavy atom. The summed E-state index contributed by atoms with van der Waals surface area (Å²) in [5, 5.41) is 0. The molecule has 0 saturated carbocycles. The normalized spacial score (nSPS) is 18.5. The molecule has 0 amide bonds. The van der Waals surface area contributed by atoms with E-state index in [1.165, 1.54) is 11.6 Å². The quantitative estimate of drug-likeness (QED) is 0.591. The molecule has 0 aromatic carbocycles. The highest BCUT2D eigenvalue weighted by Gasteiger charge is 2.36. The fraction of sp³-hybridized carbons (Fsp3) is 0.462. The second-order valence-corrected chi connectivity index (χ2v) is 4.94. The SMILES string of the molecule is COC1(OC)C=C(CC=C(C)C)C(=O)C=C1Br. The number of carbonyl (C=O) groups is 1. The van der Waals surface area contributed by atoms with Gasteiger partial charge in [0.05, 0.1) is 4.48 Å². The molecule has 0 fully saturated rings. The van der Waals surface area contributed by atoms with Crippen molar-refractivity contribution in [1.82, 2.24) is 0 Å². The zero-order valence-corrected chi connectivity index (χ0v) is 12.1. The second-order valence-electron chi connectivity index (χ2n) is 4.09. The molecule has 0 saturated heterocycles. The van der Waals surface area contributed by atoms with Crippen LogP contribution in [0, 0.1) is 0 Å². The van der Waals surface area contributed by atoms with Crippen LogP contribution >= 0.6 is 15.9 Å². The largest absolute Gasteiger partial charge is 0.346 e. The predicted octanol–water partition coefficient (Wildman–Crippen LogP) is 3.12. The fourth-order valence-corrected chi connectivity index (χ4v) is 2.19. The van der Waals surface area contributed by atoms with Gasteiger partial charge in [-0.05, 0) is 42.3 Å². The van der Waals surface area contributed by atoms with E-state index in [1.807, 2.05) is 19.9 Å². The van der Waals surface area contributed by atoms with Crippen molar-refractivity contribution in [2.24, 2.45) is 0 Å². The van der Waals surface area contributed by atoms with E-state index in [4.69, 9.17) is 9.47 Å². The first-order valence-electron chi connectivity index (χ1n) is 5.32. The van der Waals surface area contributed by atoms with Crippen LogP contribution < -0.4 is 0 Å². The number of ketones is 1. The Bertz CT molecular complexity index is 397. The number of halogens is 1. The molecule has 17 heavy (non-hydrogen) atoms. The van der Waals surface area contributed by atoms with E-state index < -0.39 is 5.79 Å². The molecule has 4 heteroatoms. The number of allylic oxidation sites excluding steroid dienone is 4. The average molecular weight is 301 g/mol. The Hall–Kier alpha value is -0.710. The van der Waals surface area contributed by atoms with Crippen LogP contribution in [0.2, 0.25) is 0 Å². The molecule has 1 aliphatic rings. The molecular weight excluding hydrogens is 284 g/mol. The molecule has 1 rings (SSSR count). The molecule has 0 bridgehead atoms. The number of hydrogen-bond donors (Lipinski definition) is 0. The first kappa shape index (κ1) is 14.4. The number of ether oxygens (including phenoxy) is 2. The van der Waals surface area contributed by atoms with Gasteiger partial charge in [-0.1, -0.05) is 11.6 Å². The number of carbonyl (C=O) groups excluding carboxylic acids is 1. The molecule has 1 aliphatic carbocycles. The van der Waals surface area contributed by atoms with Crippen LogP contribution in [-0.2, 0) is 14.3 Å². The van der Waals surface area contributed by atoms with Gasteiger partial charge in [-0.25, -0.2) is 0 Å². The van der Waals surface area contributed by atoms with Gasteiger partial charge in [-0.15, -0.1) is 0 Å². The van der Waals surface area contributed by atoms with Crippen LogP contribution in [0.5, 0.6) is 0 Å². The molecule has 94 valence electrons. The molecule has 0 spiro atoms. The topological polar surface area (TPSA) is 35.5 Å². The third-order valence-corrected chi connectivity index (χ3v) is 3.39. The van der Waals surface area contributed by atoms with E-state index in [-0.39, 0.29) is 5.78 Å². The van der Waals surface area contributed by atoms with Crippen molar-refractivity contribution in [3.05, 3.63) is 33.9 Å². The van der Waals surface area contributed by atoms with Crippen LogP contribution in [0.25, 0.3) is 0 Å². The van der Waals surface area contributed by atoms with Gasteiger partial charge in [0.25, 0.3) is 0 Å². The lowest BCUT2D eigenvalue weighted by atomic mass is 9.97. The minimum atomic E-state index is -0.973. The zero-order chi connectivity index (χ0) is 13.1. The summed E-state index contributed by atoms with van der Waals surface area (Å²) in [7, 11) is 3.09. The van der Waals surface area contributed by atoms with Crippen molar-refractivity contribution in [3.63, 3.8) is 0 Å². The summed E-state index contributed by atoms with van der Waals surface area (Å²) in [6.07, 6.45) is 5.82. The van der Waals surface area contributed by atoms with Crippen molar-refractivity contribution < 1.29 is 14.3 Å². The molecule has 3 nitrogen and oxygen atoms in total. The summed E-state index contributed by atoms with van der Waals surface area (Å²) < 4.78 is 11.3. The molecule has 0 unspecified atom stereocenters. The maximum atomic E-state index is 11.8.